The number of piperidine rings is 1. The van der Waals surface area contributed by atoms with Gasteiger partial charge in [0.05, 0.1) is 5.56 Å². The zero-order chi connectivity index (χ0) is 18.1. The van der Waals surface area contributed by atoms with Crippen molar-refractivity contribution in [3.63, 3.8) is 0 Å². The van der Waals surface area contributed by atoms with Gasteiger partial charge >= 0.3 is 12.2 Å². The van der Waals surface area contributed by atoms with Gasteiger partial charge in [0.1, 0.15) is 0 Å². The monoisotopic (exact) mass is 355 g/mol. The van der Waals surface area contributed by atoms with Crippen molar-refractivity contribution in [2.24, 2.45) is 5.41 Å². The third-order valence-electron chi connectivity index (χ3n) is 5.20. The molecule has 0 atom stereocenters. The summed E-state index contributed by atoms with van der Waals surface area (Å²) in [6.45, 7) is 2.65. The maximum Gasteiger partial charge on any atom is 0.416 e. The second kappa shape index (κ2) is 6.57. The standard InChI is InChI=1S/C17H20F3N3O2/c18-17(19,20)13-1-3-14(4-2-13)21-15(25)23-10-7-16(11-23)5-8-22(12-24)9-6-16/h1-4,12H,5-11H2,(H,21,25). The Labute approximate surface area is 143 Å². The fourth-order valence-corrected chi connectivity index (χ4v) is 3.57. The molecule has 2 heterocycles. The summed E-state index contributed by atoms with van der Waals surface area (Å²) in [5.41, 5.74) is -0.348. The van der Waals surface area contributed by atoms with Crippen molar-refractivity contribution in [3.8, 4) is 0 Å². The number of carbonyl (C=O) groups excluding carboxylic acids is 2. The number of carbonyl (C=O) groups is 2. The molecule has 1 aromatic rings. The quantitative estimate of drug-likeness (QED) is 0.829. The van der Waals surface area contributed by atoms with E-state index in [1.165, 1.54) is 12.1 Å². The molecule has 3 rings (SSSR count). The average Bonchev–Trinajstić information content (AvgIpc) is 2.99. The Morgan fingerprint density at radius 1 is 1.08 bits per heavy atom. The molecule has 2 aliphatic rings. The first kappa shape index (κ1) is 17.6. The Bertz CT molecular complexity index is 638. The number of halogens is 3. The number of nitrogens with zero attached hydrogens (tertiary/aromatic N) is 2. The molecular formula is C17H20F3N3O2. The Kier molecular flexibility index (Phi) is 4.62. The van der Waals surface area contributed by atoms with E-state index < -0.39 is 11.7 Å². The van der Waals surface area contributed by atoms with Gasteiger partial charge in [-0.3, -0.25) is 4.79 Å². The van der Waals surface area contributed by atoms with Gasteiger partial charge in [0.25, 0.3) is 0 Å². The van der Waals surface area contributed by atoms with E-state index in [1.54, 1.807) is 9.80 Å². The second-order valence-corrected chi connectivity index (χ2v) is 6.82. The van der Waals surface area contributed by atoms with E-state index in [-0.39, 0.29) is 11.4 Å². The van der Waals surface area contributed by atoms with Gasteiger partial charge in [-0.15, -0.1) is 0 Å². The third-order valence-corrected chi connectivity index (χ3v) is 5.20. The number of amides is 3. The predicted octanol–water partition coefficient (Wildman–Crippen LogP) is 3.18. The Balaban J connectivity index is 1.57. The lowest BCUT2D eigenvalue weighted by molar-refractivity contribution is -0.137. The molecule has 8 heteroatoms. The maximum atomic E-state index is 12.6. The Morgan fingerprint density at radius 2 is 1.68 bits per heavy atom. The molecule has 0 radical (unpaired) electrons. The van der Waals surface area contributed by atoms with Crippen LogP contribution in [0, 0.1) is 5.41 Å². The second-order valence-electron chi connectivity index (χ2n) is 6.82. The molecule has 0 unspecified atom stereocenters. The molecule has 0 aliphatic carbocycles. The summed E-state index contributed by atoms with van der Waals surface area (Å²) in [6, 6.07) is 4.13. The highest BCUT2D eigenvalue weighted by Crippen LogP contribution is 2.40. The van der Waals surface area contributed by atoms with Gasteiger partial charge < -0.3 is 15.1 Å². The van der Waals surface area contributed by atoms with Gasteiger partial charge in [-0.25, -0.2) is 4.79 Å². The van der Waals surface area contributed by atoms with Gasteiger partial charge in [0.15, 0.2) is 0 Å². The minimum atomic E-state index is -4.39. The lowest BCUT2D eigenvalue weighted by Crippen LogP contribution is -2.42. The largest absolute Gasteiger partial charge is 0.416 e. The normalized spacial score (nSPS) is 20.0. The van der Waals surface area contributed by atoms with E-state index in [2.05, 4.69) is 5.32 Å². The number of urea groups is 1. The first-order valence-corrected chi connectivity index (χ1v) is 8.24. The molecule has 2 fully saturated rings. The number of hydrogen-bond donors (Lipinski definition) is 1. The third kappa shape index (κ3) is 3.88. The van der Waals surface area contributed by atoms with Crippen LogP contribution in [0.5, 0.6) is 0 Å². The fraction of sp³-hybridized carbons (Fsp3) is 0.529. The van der Waals surface area contributed by atoms with Crippen LogP contribution in [0.4, 0.5) is 23.7 Å². The van der Waals surface area contributed by atoms with Crippen molar-refractivity contribution in [3.05, 3.63) is 29.8 Å². The molecule has 136 valence electrons. The summed E-state index contributed by atoms with van der Waals surface area (Å²) in [5.74, 6) is 0. The first-order valence-electron chi connectivity index (χ1n) is 8.24. The average molecular weight is 355 g/mol. The molecule has 0 bridgehead atoms. The highest BCUT2D eigenvalue weighted by molar-refractivity contribution is 5.89. The van der Waals surface area contributed by atoms with Crippen LogP contribution < -0.4 is 5.32 Å². The van der Waals surface area contributed by atoms with Crippen LogP contribution in [0.1, 0.15) is 24.8 Å². The number of benzene rings is 1. The molecule has 2 aliphatic heterocycles. The van der Waals surface area contributed by atoms with Crippen molar-refractivity contribution >= 4 is 18.1 Å². The van der Waals surface area contributed by atoms with E-state index in [0.717, 1.165) is 37.8 Å². The summed E-state index contributed by atoms with van der Waals surface area (Å²) in [6.07, 6.45) is -0.900. The summed E-state index contributed by atoms with van der Waals surface area (Å²) in [4.78, 5) is 26.6. The minimum Gasteiger partial charge on any atom is -0.345 e. The van der Waals surface area contributed by atoms with E-state index >= 15 is 0 Å². The summed E-state index contributed by atoms with van der Waals surface area (Å²) < 4.78 is 37.7. The van der Waals surface area contributed by atoms with Crippen LogP contribution in [0.15, 0.2) is 24.3 Å². The van der Waals surface area contributed by atoms with Crippen molar-refractivity contribution in [2.45, 2.75) is 25.4 Å². The molecule has 25 heavy (non-hydrogen) atoms. The highest BCUT2D eigenvalue weighted by Gasteiger charge is 2.42. The molecule has 5 nitrogen and oxygen atoms in total. The smallest absolute Gasteiger partial charge is 0.345 e. The van der Waals surface area contributed by atoms with Crippen LogP contribution >= 0.6 is 0 Å². The summed E-state index contributed by atoms with van der Waals surface area (Å²) in [5, 5.41) is 2.66. The molecule has 1 N–H and O–H groups in total. The number of likely N-dealkylation sites (tertiary alicyclic amines) is 2. The molecular weight excluding hydrogens is 335 g/mol. The lowest BCUT2D eigenvalue weighted by Gasteiger charge is -2.37. The maximum absolute atomic E-state index is 12.6. The van der Waals surface area contributed by atoms with Crippen LogP contribution in [0.2, 0.25) is 0 Å². The van der Waals surface area contributed by atoms with Crippen molar-refractivity contribution in [1.82, 2.24) is 9.80 Å². The van der Waals surface area contributed by atoms with E-state index in [9.17, 15) is 22.8 Å². The topological polar surface area (TPSA) is 52.7 Å². The van der Waals surface area contributed by atoms with Crippen molar-refractivity contribution in [2.75, 3.05) is 31.5 Å². The van der Waals surface area contributed by atoms with Gasteiger partial charge in [0.2, 0.25) is 6.41 Å². The van der Waals surface area contributed by atoms with Crippen molar-refractivity contribution < 1.29 is 22.8 Å². The van der Waals surface area contributed by atoms with E-state index in [1.807, 2.05) is 0 Å². The number of nitrogens with one attached hydrogen (secondary N) is 1. The summed E-state index contributed by atoms with van der Waals surface area (Å²) >= 11 is 0. The van der Waals surface area contributed by atoms with Crippen LogP contribution in [0.3, 0.4) is 0 Å². The molecule has 0 saturated carbocycles. The van der Waals surface area contributed by atoms with Crippen LogP contribution in [-0.2, 0) is 11.0 Å². The van der Waals surface area contributed by atoms with E-state index in [0.29, 0.717) is 31.9 Å². The number of alkyl halides is 3. The van der Waals surface area contributed by atoms with Crippen molar-refractivity contribution in [1.29, 1.82) is 0 Å². The van der Waals surface area contributed by atoms with Crippen LogP contribution in [0.25, 0.3) is 0 Å². The Hall–Kier alpha value is -2.25. The molecule has 2 saturated heterocycles. The molecule has 1 spiro atoms. The fourth-order valence-electron chi connectivity index (χ4n) is 3.57. The zero-order valence-corrected chi connectivity index (χ0v) is 13.7. The van der Waals surface area contributed by atoms with Gasteiger partial charge in [0, 0.05) is 31.9 Å². The molecule has 1 aromatic carbocycles. The van der Waals surface area contributed by atoms with Crippen LogP contribution in [-0.4, -0.2) is 48.4 Å². The van der Waals surface area contributed by atoms with Gasteiger partial charge in [-0.05, 0) is 48.9 Å². The lowest BCUT2D eigenvalue weighted by atomic mass is 9.78. The highest BCUT2D eigenvalue weighted by atomic mass is 19.4. The minimum absolute atomic E-state index is 0.0526. The summed E-state index contributed by atoms with van der Waals surface area (Å²) in [7, 11) is 0. The zero-order valence-electron chi connectivity index (χ0n) is 13.7. The SMILES string of the molecule is O=CN1CCC2(CC1)CCN(C(=O)Nc1ccc(C(F)(F)F)cc1)C2. The van der Waals surface area contributed by atoms with E-state index in [4.69, 9.17) is 0 Å². The Morgan fingerprint density at radius 3 is 2.24 bits per heavy atom. The molecule has 0 aromatic heterocycles. The van der Waals surface area contributed by atoms with Gasteiger partial charge in [-0.1, -0.05) is 0 Å². The number of rotatable bonds is 2. The molecule has 3 amide bonds. The first-order chi connectivity index (χ1) is 11.8. The predicted molar refractivity (Wildman–Crippen MR) is 86.0 cm³/mol. The van der Waals surface area contributed by atoms with Gasteiger partial charge in [-0.2, -0.15) is 13.2 Å². The number of hydrogen-bond acceptors (Lipinski definition) is 2. The number of anilines is 1.